The Hall–Kier alpha value is -2.59. The van der Waals surface area contributed by atoms with Gasteiger partial charge in [-0.2, -0.15) is 0 Å². The summed E-state index contributed by atoms with van der Waals surface area (Å²) in [5, 5.41) is 8.89. The van der Waals surface area contributed by atoms with E-state index in [-0.39, 0.29) is 12.4 Å². The van der Waals surface area contributed by atoms with Gasteiger partial charge in [0.1, 0.15) is 5.75 Å². The monoisotopic (exact) mass is 312 g/mol. The van der Waals surface area contributed by atoms with Crippen molar-refractivity contribution < 1.29 is 19.4 Å². The third kappa shape index (κ3) is 4.44. The second-order valence-electron chi connectivity index (χ2n) is 5.30. The Morgan fingerprint density at radius 3 is 2.13 bits per heavy atom. The summed E-state index contributed by atoms with van der Waals surface area (Å²) >= 11 is 0. The van der Waals surface area contributed by atoms with Crippen LogP contribution in [0.4, 0.5) is 0 Å². The lowest BCUT2D eigenvalue weighted by molar-refractivity contribution is 0.0501. The van der Waals surface area contributed by atoms with Crippen molar-refractivity contribution in [1.82, 2.24) is 0 Å². The van der Waals surface area contributed by atoms with Crippen LogP contribution in [0.2, 0.25) is 0 Å². The molecule has 2 aromatic rings. The Labute approximate surface area is 136 Å². The van der Waals surface area contributed by atoms with Gasteiger partial charge in [0.15, 0.2) is 6.79 Å². The first-order chi connectivity index (χ1) is 11.0. The predicted molar refractivity (Wildman–Crippen MR) is 90.7 cm³/mol. The number of ether oxygens (including phenoxy) is 2. The van der Waals surface area contributed by atoms with Gasteiger partial charge in [0.25, 0.3) is 0 Å². The molecule has 0 fully saturated rings. The molecule has 2 rings (SSSR count). The minimum Gasteiger partial charge on any atom is -0.478 e. The molecular formula is C19H20O4. The van der Waals surface area contributed by atoms with Gasteiger partial charge in [0.2, 0.25) is 0 Å². The van der Waals surface area contributed by atoms with E-state index in [9.17, 15) is 4.79 Å². The summed E-state index contributed by atoms with van der Waals surface area (Å²) in [6.45, 7) is 4.22. The van der Waals surface area contributed by atoms with Crippen LogP contribution in [0.5, 0.6) is 5.75 Å². The first-order valence-corrected chi connectivity index (χ1v) is 7.25. The van der Waals surface area contributed by atoms with Gasteiger partial charge >= 0.3 is 5.97 Å². The molecule has 120 valence electrons. The van der Waals surface area contributed by atoms with Crippen molar-refractivity contribution in [2.75, 3.05) is 13.9 Å². The van der Waals surface area contributed by atoms with Gasteiger partial charge < -0.3 is 14.6 Å². The van der Waals surface area contributed by atoms with Gasteiger partial charge in [-0.15, -0.1) is 0 Å². The molecule has 0 aromatic heterocycles. The van der Waals surface area contributed by atoms with E-state index >= 15 is 0 Å². The van der Waals surface area contributed by atoms with E-state index < -0.39 is 5.97 Å². The van der Waals surface area contributed by atoms with E-state index in [1.54, 1.807) is 31.4 Å². The number of hydrogen-bond acceptors (Lipinski definition) is 3. The molecule has 0 unspecified atom stereocenters. The Bertz CT molecular complexity index is 692. The Balaban J connectivity index is 2.17. The maximum absolute atomic E-state index is 10.8. The molecule has 0 aliphatic carbocycles. The summed E-state index contributed by atoms with van der Waals surface area (Å²) in [4.78, 5) is 10.8. The highest BCUT2D eigenvalue weighted by Gasteiger charge is 2.05. The zero-order valence-electron chi connectivity index (χ0n) is 13.5. The van der Waals surface area contributed by atoms with E-state index in [0.717, 1.165) is 28.0 Å². The predicted octanol–water partition coefficient (Wildman–Crippen LogP) is 4.15. The highest BCUT2D eigenvalue weighted by Crippen LogP contribution is 2.25. The second-order valence-corrected chi connectivity index (χ2v) is 5.30. The highest BCUT2D eigenvalue weighted by molar-refractivity contribution is 5.88. The lowest BCUT2D eigenvalue weighted by Gasteiger charge is -2.12. The lowest BCUT2D eigenvalue weighted by Crippen LogP contribution is -2.02. The van der Waals surface area contributed by atoms with Crippen molar-refractivity contribution >= 4 is 18.1 Å². The fraction of sp³-hybridized carbons (Fsp3) is 0.211. The SMILES string of the molecule is COCOc1c(C)cc(C=Cc2ccc(C(=O)O)cc2)cc1C. The van der Waals surface area contributed by atoms with Crippen molar-refractivity contribution in [3.8, 4) is 5.75 Å². The van der Waals surface area contributed by atoms with E-state index in [2.05, 4.69) is 0 Å². The molecule has 4 heteroatoms. The van der Waals surface area contributed by atoms with Crippen LogP contribution in [0.1, 0.15) is 32.6 Å². The maximum atomic E-state index is 10.8. The van der Waals surface area contributed by atoms with Gasteiger partial charge in [0, 0.05) is 7.11 Å². The van der Waals surface area contributed by atoms with Crippen molar-refractivity contribution in [2.45, 2.75) is 13.8 Å². The van der Waals surface area contributed by atoms with Crippen LogP contribution >= 0.6 is 0 Å². The molecule has 1 N–H and O–H groups in total. The molecule has 0 heterocycles. The van der Waals surface area contributed by atoms with Crippen LogP contribution < -0.4 is 4.74 Å². The number of rotatable bonds is 6. The van der Waals surface area contributed by atoms with E-state index in [4.69, 9.17) is 14.6 Å². The molecule has 0 atom stereocenters. The third-order valence-electron chi connectivity index (χ3n) is 3.43. The van der Waals surface area contributed by atoms with E-state index in [1.165, 1.54) is 0 Å². The number of carbonyl (C=O) groups is 1. The van der Waals surface area contributed by atoms with Crippen molar-refractivity contribution in [2.24, 2.45) is 0 Å². The number of hydrogen-bond donors (Lipinski definition) is 1. The number of methoxy groups -OCH3 is 1. The van der Waals surface area contributed by atoms with Crippen LogP contribution in [0.25, 0.3) is 12.2 Å². The van der Waals surface area contributed by atoms with Crippen LogP contribution in [-0.2, 0) is 4.74 Å². The fourth-order valence-corrected chi connectivity index (χ4v) is 2.35. The van der Waals surface area contributed by atoms with Gasteiger partial charge in [-0.05, 0) is 60.4 Å². The molecule has 4 nitrogen and oxygen atoms in total. The van der Waals surface area contributed by atoms with Crippen LogP contribution in [0.15, 0.2) is 36.4 Å². The maximum Gasteiger partial charge on any atom is 0.335 e. The Kier molecular flexibility index (Phi) is 5.55. The average molecular weight is 312 g/mol. The summed E-state index contributed by atoms with van der Waals surface area (Å²) in [5.74, 6) is -0.0757. The molecule has 0 bridgehead atoms. The average Bonchev–Trinajstić information content (AvgIpc) is 2.52. The molecule has 2 aromatic carbocycles. The zero-order valence-corrected chi connectivity index (χ0v) is 13.5. The topological polar surface area (TPSA) is 55.8 Å². The lowest BCUT2D eigenvalue weighted by atomic mass is 10.0. The summed E-state index contributed by atoms with van der Waals surface area (Å²) in [7, 11) is 1.59. The molecule has 0 amide bonds. The minimum absolute atomic E-state index is 0.229. The summed E-state index contributed by atoms with van der Waals surface area (Å²) in [6, 6.07) is 10.9. The molecule has 0 saturated carbocycles. The second kappa shape index (κ2) is 7.61. The van der Waals surface area contributed by atoms with Gasteiger partial charge in [-0.1, -0.05) is 24.3 Å². The standard InChI is InChI=1S/C19H20O4/c1-13-10-16(11-14(2)18(13)23-12-22-3)5-4-15-6-8-17(9-7-15)19(20)21/h4-11H,12H2,1-3H3,(H,20,21). The fourth-order valence-electron chi connectivity index (χ4n) is 2.35. The van der Waals surface area contributed by atoms with E-state index in [0.29, 0.717) is 0 Å². The van der Waals surface area contributed by atoms with Crippen LogP contribution in [0, 0.1) is 13.8 Å². The van der Waals surface area contributed by atoms with Crippen LogP contribution in [0.3, 0.4) is 0 Å². The minimum atomic E-state index is -0.918. The highest BCUT2D eigenvalue weighted by atomic mass is 16.7. The van der Waals surface area contributed by atoms with Gasteiger partial charge in [0.05, 0.1) is 5.56 Å². The van der Waals surface area contributed by atoms with Crippen LogP contribution in [-0.4, -0.2) is 25.0 Å². The zero-order chi connectivity index (χ0) is 16.8. The molecule has 0 aliphatic heterocycles. The van der Waals surface area contributed by atoms with Gasteiger partial charge in [-0.25, -0.2) is 4.79 Å². The molecule has 23 heavy (non-hydrogen) atoms. The van der Waals surface area contributed by atoms with Crippen molar-refractivity contribution in [3.63, 3.8) is 0 Å². The summed E-state index contributed by atoms with van der Waals surface area (Å²) in [6.07, 6.45) is 3.95. The Morgan fingerprint density at radius 1 is 1.04 bits per heavy atom. The largest absolute Gasteiger partial charge is 0.478 e. The van der Waals surface area contributed by atoms with Crippen molar-refractivity contribution in [3.05, 3.63) is 64.2 Å². The molecular weight excluding hydrogens is 292 g/mol. The number of aryl methyl sites for hydroxylation is 2. The van der Waals surface area contributed by atoms with Crippen molar-refractivity contribution in [1.29, 1.82) is 0 Å². The Morgan fingerprint density at radius 2 is 1.61 bits per heavy atom. The molecule has 0 spiro atoms. The number of carboxylic acids is 1. The van der Waals surface area contributed by atoms with E-state index in [1.807, 2.05) is 38.1 Å². The first-order valence-electron chi connectivity index (χ1n) is 7.25. The summed E-state index contributed by atoms with van der Waals surface area (Å²) in [5.41, 5.74) is 4.39. The number of aromatic carboxylic acids is 1. The summed E-state index contributed by atoms with van der Waals surface area (Å²) < 4.78 is 10.5. The first kappa shape index (κ1) is 16.8. The molecule has 0 saturated heterocycles. The normalized spacial score (nSPS) is 10.9. The third-order valence-corrected chi connectivity index (χ3v) is 3.43. The number of benzene rings is 2. The smallest absolute Gasteiger partial charge is 0.335 e. The van der Waals surface area contributed by atoms with Gasteiger partial charge in [-0.3, -0.25) is 0 Å². The number of carboxylic acid groups (broad SMARTS) is 1. The quantitative estimate of drug-likeness (QED) is 0.643. The molecule has 0 radical (unpaired) electrons. The molecule has 0 aliphatic rings.